The molecule has 3 N–H and O–H groups in total. The number of phosphoric ester groups is 1. The Labute approximate surface area is 313 Å². The normalized spacial score (nSPS) is 15.2. The van der Waals surface area contributed by atoms with Crippen molar-refractivity contribution in [1.29, 1.82) is 0 Å². The van der Waals surface area contributed by atoms with Gasteiger partial charge in [-0.2, -0.15) is 0 Å². The van der Waals surface area contributed by atoms with Crippen LogP contribution in [0.2, 0.25) is 0 Å². The average molecular weight is 738 g/mol. The standard InChI is InChI=1S/C42H77N2O6P/c1-6-8-10-12-14-16-17-18-19-20-21-22-23-24-25-26-27-28-30-32-34-36-42(46)43-40(39-50-51(47,48)49-38-37-44(3,4)5)41(45)35-33-31-29-15-13-11-9-7-2/h8,10,14,16,18-19,21-22,33,35,40-41,45H,6-7,9,11-13,15,17,20,23-32,34,36-39H2,1-5H3,(H-,43,46,47,48)/p+1/b10-8-,16-14-,19-18-,22-21-,35-33+. The van der Waals surface area contributed by atoms with E-state index in [0.717, 1.165) is 70.6 Å². The smallest absolute Gasteiger partial charge is 0.387 e. The van der Waals surface area contributed by atoms with E-state index in [1.807, 2.05) is 27.2 Å². The molecule has 0 rings (SSSR count). The van der Waals surface area contributed by atoms with Gasteiger partial charge in [0.2, 0.25) is 5.91 Å². The summed E-state index contributed by atoms with van der Waals surface area (Å²) in [4.78, 5) is 23.0. The number of carbonyl (C=O) groups excluding carboxylic acids is 1. The zero-order chi connectivity index (χ0) is 37.9. The first-order valence-corrected chi connectivity index (χ1v) is 21.7. The number of aliphatic hydroxyl groups is 1. The minimum Gasteiger partial charge on any atom is -0.387 e. The summed E-state index contributed by atoms with van der Waals surface area (Å²) in [5.74, 6) is -0.193. The number of likely N-dealkylation sites (N-methyl/N-ethyl adjacent to an activating group) is 1. The predicted octanol–water partition coefficient (Wildman–Crippen LogP) is 10.7. The van der Waals surface area contributed by atoms with Crippen molar-refractivity contribution in [3.8, 4) is 0 Å². The molecular formula is C42H78N2O6P+. The van der Waals surface area contributed by atoms with E-state index < -0.39 is 20.0 Å². The number of rotatable bonds is 35. The van der Waals surface area contributed by atoms with Gasteiger partial charge in [0.1, 0.15) is 13.2 Å². The van der Waals surface area contributed by atoms with Gasteiger partial charge < -0.3 is 19.8 Å². The molecule has 0 bridgehead atoms. The van der Waals surface area contributed by atoms with Gasteiger partial charge in [-0.3, -0.25) is 13.8 Å². The minimum atomic E-state index is -4.33. The molecule has 0 spiro atoms. The first kappa shape index (κ1) is 49.2. The molecule has 9 heteroatoms. The molecule has 0 aliphatic heterocycles. The molecule has 0 aliphatic carbocycles. The molecule has 0 saturated heterocycles. The number of hydrogen-bond donors (Lipinski definition) is 3. The van der Waals surface area contributed by atoms with Crippen LogP contribution >= 0.6 is 7.82 Å². The summed E-state index contributed by atoms with van der Waals surface area (Å²) in [5.41, 5.74) is 0. The highest BCUT2D eigenvalue weighted by Crippen LogP contribution is 2.43. The Morgan fingerprint density at radius 1 is 0.686 bits per heavy atom. The number of hydrogen-bond acceptors (Lipinski definition) is 5. The van der Waals surface area contributed by atoms with Crippen molar-refractivity contribution in [2.24, 2.45) is 0 Å². The second kappa shape index (κ2) is 34.0. The van der Waals surface area contributed by atoms with Crippen molar-refractivity contribution in [2.45, 2.75) is 161 Å². The van der Waals surface area contributed by atoms with Crippen LogP contribution in [-0.2, 0) is 18.4 Å². The van der Waals surface area contributed by atoms with Gasteiger partial charge in [-0.05, 0) is 57.8 Å². The first-order valence-electron chi connectivity index (χ1n) is 20.2. The lowest BCUT2D eigenvalue weighted by Gasteiger charge is -2.25. The lowest BCUT2D eigenvalue weighted by atomic mass is 10.1. The average Bonchev–Trinajstić information content (AvgIpc) is 3.07. The highest BCUT2D eigenvalue weighted by Gasteiger charge is 2.27. The molecule has 8 nitrogen and oxygen atoms in total. The van der Waals surface area contributed by atoms with E-state index in [-0.39, 0.29) is 19.1 Å². The van der Waals surface area contributed by atoms with E-state index in [1.54, 1.807) is 6.08 Å². The van der Waals surface area contributed by atoms with Gasteiger partial charge in [-0.1, -0.05) is 145 Å². The molecule has 0 saturated carbocycles. The maximum Gasteiger partial charge on any atom is 0.472 e. The molecule has 0 aromatic rings. The van der Waals surface area contributed by atoms with Crippen LogP contribution in [0.4, 0.5) is 0 Å². The Bertz CT molecular complexity index is 1020. The monoisotopic (exact) mass is 738 g/mol. The summed E-state index contributed by atoms with van der Waals surface area (Å²) < 4.78 is 23.4. The summed E-state index contributed by atoms with van der Waals surface area (Å²) in [7, 11) is 1.55. The van der Waals surface area contributed by atoms with E-state index in [1.165, 1.54) is 57.8 Å². The molecule has 1 amide bonds. The molecular weight excluding hydrogens is 659 g/mol. The second-order valence-electron chi connectivity index (χ2n) is 14.6. The van der Waals surface area contributed by atoms with Crippen LogP contribution in [0, 0.1) is 0 Å². The highest BCUT2D eigenvalue weighted by molar-refractivity contribution is 7.47. The van der Waals surface area contributed by atoms with Crippen molar-refractivity contribution in [3.63, 3.8) is 0 Å². The number of carbonyl (C=O) groups is 1. The molecule has 3 unspecified atom stereocenters. The number of quaternary nitrogens is 1. The third-order valence-electron chi connectivity index (χ3n) is 8.49. The molecule has 296 valence electrons. The van der Waals surface area contributed by atoms with E-state index in [4.69, 9.17) is 9.05 Å². The fourth-order valence-corrected chi connectivity index (χ4v) is 6.00. The maximum atomic E-state index is 12.8. The number of unbranched alkanes of at least 4 members (excludes halogenated alkanes) is 14. The largest absolute Gasteiger partial charge is 0.472 e. The van der Waals surface area contributed by atoms with Crippen molar-refractivity contribution in [2.75, 3.05) is 40.9 Å². The van der Waals surface area contributed by atoms with Crippen LogP contribution in [0.1, 0.15) is 149 Å². The maximum absolute atomic E-state index is 12.8. The quantitative estimate of drug-likeness (QED) is 0.0259. The number of phosphoric acid groups is 1. The zero-order valence-corrected chi connectivity index (χ0v) is 34.2. The van der Waals surface area contributed by atoms with Crippen LogP contribution < -0.4 is 5.32 Å². The van der Waals surface area contributed by atoms with Crippen LogP contribution in [0.25, 0.3) is 0 Å². The molecule has 0 heterocycles. The number of nitrogens with one attached hydrogen (secondary N) is 1. The molecule has 0 aliphatic rings. The molecule has 0 aromatic heterocycles. The van der Waals surface area contributed by atoms with Gasteiger partial charge in [-0.15, -0.1) is 0 Å². The van der Waals surface area contributed by atoms with Gasteiger partial charge in [0.05, 0.1) is 39.9 Å². The molecule has 51 heavy (non-hydrogen) atoms. The van der Waals surface area contributed by atoms with Crippen LogP contribution in [0.3, 0.4) is 0 Å². The second-order valence-corrected chi connectivity index (χ2v) is 16.1. The first-order chi connectivity index (χ1) is 24.5. The molecule has 0 radical (unpaired) electrons. The van der Waals surface area contributed by atoms with Crippen molar-refractivity contribution in [1.82, 2.24) is 5.32 Å². The van der Waals surface area contributed by atoms with E-state index >= 15 is 0 Å². The fourth-order valence-electron chi connectivity index (χ4n) is 5.26. The van der Waals surface area contributed by atoms with Gasteiger partial charge in [0, 0.05) is 6.42 Å². The van der Waals surface area contributed by atoms with Gasteiger partial charge in [0.25, 0.3) is 0 Å². The van der Waals surface area contributed by atoms with Crippen molar-refractivity contribution in [3.05, 3.63) is 60.8 Å². The number of allylic oxidation sites excluding steroid dienone is 9. The number of amides is 1. The topological polar surface area (TPSA) is 105 Å². The number of aliphatic hydroxyl groups excluding tert-OH is 1. The predicted molar refractivity (Wildman–Crippen MR) is 217 cm³/mol. The van der Waals surface area contributed by atoms with Crippen LogP contribution in [-0.4, -0.2) is 73.4 Å². The third-order valence-corrected chi connectivity index (χ3v) is 9.48. The molecule has 3 atom stereocenters. The summed E-state index contributed by atoms with van der Waals surface area (Å²) in [6, 6.07) is -0.850. The third kappa shape index (κ3) is 36.4. The highest BCUT2D eigenvalue weighted by atomic mass is 31.2. The zero-order valence-electron chi connectivity index (χ0n) is 33.3. The summed E-state index contributed by atoms with van der Waals surface area (Å²) in [5, 5.41) is 13.7. The van der Waals surface area contributed by atoms with Gasteiger partial charge in [0.15, 0.2) is 0 Å². The van der Waals surface area contributed by atoms with Crippen molar-refractivity contribution >= 4 is 13.7 Å². The van der Waals surface area contributed by atoms with E-state index in [0.29, 0.717) is 17.4 Å². The minimum absolute atomic E-state index is 0.0566. The Morgan fingerprint density at radius 2 is 1.18 bits per heavy atom. The lowest BCUT2D eigenvalue weighted by Crippen LogP contribution is -2.45. The van der Waals surface area contributed by atoms with Crippen LogP contribution in [0.5, 0.6) is 0 Å². The van der Waals surface area contributed by atoms with E-state index in [2.05, 4.69) is 67.8 Å². The van der Waals surface area contributed by atoms with E-state index in [9.17, 15) is 19.4 Å². The lowest BCUT2D eigenvalue weighted by molar-refractivity contribution is -0.870. The Morgan fingerprint density at radius 3 is 1.73 bits per heavy atom. The Balaban J connectivity index is 4.33. The SMILES string of the molecule is CC/C=C\C/C=C\C/C=C\C/C=C\CCCCCCCCCCC(=O)NC(COP(=O)(O)OCC[N+](C)(C)C)C(O)/C=C/CCCCCCCC. The summed E-state index contributed by atoms with van der Waals surface area (Å²) in [6.45, 7) is 4.62. The Kier molecular flexibility index (Phi) is 32.8. The van der Waals surface area contributed by atoms with Crippen molar-refractivity contribution < 1.29 is 32.9 Å². The summed E-state index contributed by atoms with van der Waals surface area (Å²) >= 11 is 0. The Hall–Kier alpha value is -1.80. The fraction of sp³-hybridized carbons (Fsp3) is 0.738. The summed E-state index contributed by atoms with van der Waals surface area (Å²) in [6.07, 6.45) is 42.9. The number of nitrogens with zero attached hydrogens (tertiary/aromatic N) is 1. The van der Waals surface area contributed by atoms with Gasteiger partial charge >= 0.3 is 7.82 Å². The van der Waals surface area contributed by atoms with Crippen LogP contribution in [0.15, 0.2) is 60.8 Å². The molecule has 0 aromatic carbocycles. The molecule has 0 fully saturated rings. The van der Waals surface area contributed by atoms with Gasteiger partial charge in [-0.25, -0.2) is 4.57 Å².